The van der Waals surface area contributed by atoms with Gasteiger partial charge in [0.25, 0.3) is 5.56 Å². The lowest BCUT2D eigenvalue weighted by molar-refractivity contribution is 0.602. The topological polar surface area (TPSA) is 101 Å². The van der Waals surface area contributed by atoms with Crippen molar-refractivity contribution in [3.8, 4) is 16.9 Å². The smallest absolute Gasteiger partial charge is 0.280 e. The number of benzene rings is 1. The molecule has 26 heavy (non-hydrogen) atoms. The van der Waals surface area contributed by atoms with Crippen LogP contribution in [-0.2, 0) is 10.0 Å². The maximum atomic E-state index is 12.6. The molecule has 0 bridgehead atoms. The molecule has 0 aliphatic carbocycles. The Hall–Kier alpha value is -3.38. The second-order valence-electron chi connectivity index (χ2n) is 5.40. The molecule has 0 unspecified atom stereocenters. The summed E-state index contributed by atoms with van der Waals surface area (Å²) in [4.78, 5) is 20.1. The molecule has 0 amide bonds. The molecule has 0 radical (unpaired) electrons. The van der Waals surface area contributed by atoms with Gasteiger partial charge in [0.15, 0.2) is 11.5 Å². The molecule has 9 heteroatoms. The molecule has 0 atom stereocenters. The summed E-state index contributed by atoms with van der Waals surface area (Å²) in [5.74, 6) is 0.291. The highest BCUT2D eigenvalue weighted by atomic mass is 32.2. The van der Waals surface area contributed by atoms with Crippen molar-refractivity contribution in [2.24, 2.45) is 0 Å². The van der Waals surface area contributed by atoms with E-state index in [1.807, 2.05) is 0 Å². The molecule has 0 aliphatic heterocycles. The zero-order valence-electron chi connectivity index (χ0n) is 13.8. The number of nitrogens with one attached hydrogen (secondary N) is 2. The Morgan fingerprint density at radius 3 is 2.54 bits per heavy atom. The van der Waals surface area contributed by atoms with Crippen LogP contribution >= 0.6 is 0 Å². The van der Waals surface area contributed by atoms with Crippen LogP contribution in [0.3, 0.4) is 0 Å². The Kier molecular flexibility index (Phi) is 4.60. The van der Waals surface area contributed by atoms with E-state index in [-0.39, 0.29) is 11.3 Å². The quantitative estimate of drug-likeness (QED) is 0.675. The summed E-state index contributed by atoms with van der Waals surface area (Å²) >= 11 is 0. The molecular weight excluding hydrogens is 354 g/mol. The Balaban J connectivity index is 1.90. The second kappa shape index (κ2) is 6.85. The van der Waals surface area contributed by atoms with E-state index < -0.39 is 10.0 Å². The lowest BCUT2D eigenvalue weighted by atomic mass is 10.1. The van der Waals surface area contributed by atoms with Crippen molar-refractivity contribution in [1.29, 1.82) is 0 Å². The summed E-state index contributed by atoms with van der Waals surface area (Å²) in [5, 5.41) is 2.84. The number of pyridine rings is 1. The van der Waals surface area contributed by atoms with E-state index >= 15 is 0 Å². The van der Waals surface area contributed by atoms with Crippen molar-refractivity contribution in [2.45, 2.75) is 6.92 Å². The van der Waals surface area contributed by atoms with Crippen LogP contribution in [0.4, 0.5) is 11.4 Å². The zero-order valence-corrected chi connectivity index (χ0v) is 14.6. The van der Waals surface area contributed by atoms with Gasteiger partial charge in [-0.25, -0.2) is 22.9 Å². The van der Waals surface area contributed by atoms with Crippen LogP contribution in [0.2, 0.25) is 0 Å². The standard InChI is InChI=1S/C17H15N5O3S/c1-3-26(24,25)21-14-8-9-16(19-10-14)22-17(23)15(11-20-22)12-4-6-13(18-2)7-5-12/h4-11,20-21H,3H2,1H3. The number of anilines is 1. The molecule has 0 saturated heterocycles. The fourth-order valence-electron chi connectivity index (χ4n) is 2.29. The van der Waals surface area contributed by atoms with Gasteiger partial charge >= 0.3 is 0 Å². The Morgan fingerprint density at radius 2 is 1.96 bits per heavy atom. The van der Waals surface area contributed by atoms with Crippen molar-refractivity contribution >= 4 is 21.4 Å². The van der Waals surface area contributed by atoms with Gasteiger partial charge in [0, 0.05) is 6.20 Å². The van der Waals surface area contributed by atoms with Gasteiger partial charge in [0.2, 0.25) is 10.0 Å². The summed E-state index contributed by atoms with van der Waals surface area (Å²) in [6.45, 7) is 8.50. The van der Waals surface area contributed by atoms with E-state index in [0.717, 1.165) is 0 Å². The van der Waals surface area contributed by atoms with Gasteiger partial charge in [-0.2, -0.15) is 0 Å². The fourth-order valence-corrected chi connectivity index (χ4v) is 2.92. The van der Waals surface area contributed by atoms with Crippen molar-refractivity contribution in [2.75, 3.05) is 10.5 Å². The average Bonchev–Trinajstić information content (AvgIpc) is 3.03. The largest absolute Gasteiger partial charge is 0.296 e. The average molecular weight is 369 g/mol. The molecule has 2 heterocycles. The molecule has 3 aromatic rings. The number of hydrogen-bond acceptors (Lipinski definition) is 4. The molecule has 2 N–H and O–H groups in total. The van der Waals surface area contributed by atoms with E-state index in [2.05, 4.69) is 19.6 Å². The monoisotopic (exact) mass is 369 g/mol. The maximum absolute atomic E-state index is 12.6. The molecular formula is C17H15N5O3S. The number of aromatic nitrogens is 3. The van der Waals surface area contributed by atoms with E-state index in [9.17, 15) is 13.2 Å². The lowest BCUT2D eigenvalue weighted by Gasteiger charge is -2.06. The van der Waals surface area contributed by atoms with Crippen LogP contribution in [-0.4, -0.2) is 28.9 Å². The minimum Gasteiger partial charge on any atom is -0.296 e. The molecule has 0 saturated carbocycles. The number of H-pyrrole nitrogens is 1. The first-order chi connectivity index (χ1) is 12.4. The zero-order chi connectivity index (χ0) is 18.7. The highest BCUT2D eigenvalue weighted by molar-refractivity contribution is 7.92. The summed E-state index contributed by atoms with van der Waals surface area (Å²) in [7, 11) is -3.38. The van der Waals surface area contributed by atoms with Crippen LogP contribution in [0.15, 0.2) is 53.6 Å². The SMILES string of the molecule is [C-]#[N+]c1ccc(-c2c[nH]n(-c3ccc(NS(=O)(=O)CC)cn3)c2=O)cc1. The normalized spacial score (nSPS) is 11.1. The Bertz CT molecular complexity index is 1120. The molecule has 132 valence electrons. The van der Waals surface area contributed by atoms with Gasteiger partial charge < -0.3 is 0 Å². The van der Waals surface area contributed by atoms with E-state index in [0.29, 0.717) is 28.3 Å². The number of aromatic amines is 1. The fraction of sp³-hybridized carbons (Fsp3) is 0.118. The highest BCUT2D eigenvalue weighted by Gasteiger charge is 2.12. The Morgan fingerprint density at radius 1 is 1.23 bits per heavy atom. The number of nitrogens with zero attached hydrogens (tertiary/aromatic N) is 3. The van der Waals surface area contributed by atoms with Crippen LogP contribution in [0.25, 0.3) is 21.8 Å². The first-order valence-corrected chi connectivity index (χ1v) is 9.34. The predicted molar refractivity (Wildman–Crippen MR) is 99.0 cm³/mol. The van der Waals surface area contributed by atoms with Crippen LogP contribution in [0, 0.1) is 6.57 Å². The van der Waals surface area contributed by atoms with Gasteiger partial charge in [0.05, 0.1) is 29.8 Å². The third-order valence-electron chi connectivity index (χ3n) is 3.71. The highest BCUT2D eigenvalue weighted by Crippen LogP contribution is 2.20. The van der Waals surface area contributed by atoms with E-state index in [1.165, 1.54) is 29.9 Å². The van der Waals surface area contributed by atoms with Crippen molar-refractivity contribution < 1.29 is 8.42 Å². The van der Waals surface area contributed by atoms with Gasteiger partial charge in [-0.05, 0) is 24.6 Å². The van der Waals surface area contributed by atoms with Gasteiger partial charge in [-0.1, -0.05) is 24.3 Å². The molecule has 0 spiro atoms. The van der Waals surface area contributed by atoms with E-state index in [4.69, 9.17) is 6.57 Å². The van der Waals surface area contributed by atoms with Crippen LogP contribution in [0.1, 0.15) is 6.92 Å². The molecule has 0 fully saturated rings. The first-order valence-electron chi connectivity index (χ1n) is 7.69. The molecule has 1 aromatic carbocycles. The third-order valence-corrected chi connectivity index (χ3v) is 5.02. The van der Waals surface area contributed by atoms with Crippen molar-refractivity contribution in [3.63, 3.8) is 0 Å². The summed E-state index contributed by atoms with van der Waals surface area (Å²) in [6.07, 6.45) is 2.91. The summed E-state index contributed by atoms with van der Waals surface area (Å²) < 4.78 is 26.8. The first kappa shape index (κ1) is 17.4. The van der Waals surface area contributed by atoms with Gasteiger partial charge in [-0.15, -0.1) is 0 Å². The molecule has 0 aliphatic rings. The minimum absolute atomic E-state index is 0.0412. The number of sulfonamides is 1. The Labute approximate surface area is 150 Å². The molecule has 8 nitrogen and oxygen atoms in total. The summed E-state index contributed by atoms with van der Waals surface area (Å²) in [5.41, 5.74) is 1.65. The lowest BCUT2D eigenvalue weighted by Crippen LogP contribution is -2.18. The van der Waals surface area contributed by atoms with E-state index in [1.54, 1.807) is 30.5 Å². The van der Waals surface area contributed by atoms with Crippen LogP contribution in [0.5, 0.6) is 0 Å². The molecule has 2 aromatic heterocycles. The molecule has 3 rings (SSSR count). The van der Waals surface area contributed by atoms with Crippen molar-refractivity contribution in [3.05, 3.63) is 70.6 Å². The second-order valence-corrected chi connectivity index (χ2v) is 7.41. The van der Waals surface area contributed by atoms with Crippen molar-refractivity contribution in [1.82, 2.24) is 14.8 Å². The maximum Gasteiger partial charge on any atom is 0.280 e. The number of rotatable bonds is 5. The predicted octanol–water partition coefficient (Wildman–Crippen LogP) is 2.54. The summed E-state index contributed by atoms with van der Waals surface area (Å²) in [6, 6.07) is 9.78. The number of hydrogen-bond donors (Lipinski definition) is 2. The van der Waals surface area contributed by atoms with Gasteiger partial charge in [-0.3, -0.25) is 14.6 Å². The van der Waals surface area contributed by atoms with Crippen LogP contribution < -0.4 is 10.3 Å². The van der Waals surface area contributed by atoms with Gasteiger partial charge in [0.1, 0.15) is 0 Å². The minimum atomic E-state index is -3.38. The third kappa shape index (κ3) is 3.50.